The Bertz CT molecular complexity index is 806. The van der Waals surface area contributed by atoms with Crippen LogP contribution in [0.4, 0.5) is 11.6 Å². The lowest BCUT2D eigenvalue weighted by molar-refractivity contribution is 0.0751. The maximum Gasteiger partial charge on any atom is 0.264 e. The predicted octanol–water partition coefficient (Wildman–Crippen LogP) is 3.11. The standard InChI is InChI=1S/C20H27N5OS/c1-15-12-17(27-14-15)20(26)25-10-8-24(9-11-25)19-13-18(21-16(2)22-19)23-6-4-3-5-7-23/h12-14H,3-11H2,1-2H3. The van der Waals surface area contributed by atoms with Crippen LogP contribution in [0, 0.1) is 13.8 Å². The molecule has 2 aliphatic heterocycles. The number of aromatic nitrogens is 2. The largest absolute Gasteiger partial charge is 0.356 e. The van der Waals surface area contributed by atoms with E-state index in [1.54, 1.807) is 0 Å². The Hall–Kier alpha value is -2.15. The molecule has 2 fully saturated rings. The topological polar surface area (TPSA) is 52.6 Å². The van der Waals surface area contributed by atoms with E-state index in [0.29, 0.717) is 0 Å². The van der Waals surface area contributed by atoms with Gasteiger partial charge in [-0.2, -0.15) is 0 Å². The molecule has 0 aromatic carbocycles. The number of piperazine rings is 1. The molecular formula is C20H27N5OS. The molecule has 2 aromatic rings. The van der Waals surface area contributed by atoms with Gasteiger partial charge in [0.1, 0.15) is 17.5 Å². The van der Waals surface area contributed by atoms with Gasteiger partial charge in [-0.1, -0.05) is 0 Å². The summed E-state index contributed by atoms with van der Waals surface area (Å²) in [5, 5.41) is 2.04. The van der Waals surface area contributed by atoms with Crippen molar-refractivity contribution in [3.63, 3.8) is 0 Å². The van der Waals surface area contributed by atoms with Gasteiger partial charge in [-0.3, -0.25) is 4.79 Å². The summed E-state index contributed by atoms with van der Waals surface area (Å²) in [7, 11) is 0. The maximum absolute atomic E-state index is 12.7. The number of hydrogen-bond donors (Lipinski definition) is 0. The molecule has 1 amide bonds. The van der Waals surface area contributed by atoms with E-state index in [0.717, 1.165) is 67.2 Å². The first-order valence-electron chi connectivity index (χ1n) is 9.80. The molecule has 6 nitrogen and oxygen atoms in total. The monoisotopic (exact) mass is 385 g/mol. The molecule has 2 aromatic heterocycles. The van der Waals surface area contributed by atoms with Crippen molar-refractivity contribution in [2.24, 2.45) is 0 Å². The molecule has 0 unspecified atom stereocenters. The molecule has 0 N–H and O–H groups in total. The second-order valence-electron chi connectivity index (χ2n) is 7.45. The van der Waals surface area contributed by atoms with Crippen molar-refractivity contribution in [1.82, 2.24) is 14.9 Å². The van der Waals surface area contributed by atoms with Crippen LogP contribution in [-0.2, 0) is 0 Å². The first-order chi connectivity index (χ1) is 13.1. The second kappa shape index (κ2) is 7.84. The lowest BCUT2D eigenvalue weighted by Crippen LogP contribution is -2.49. The number of carbonyl (C=O) groups is 1. The lowest BCUT2D eigenvalue weighted by atomic mass is 10.1. The van der Waals surface area contributed by atoms with Crippen molar-refractivity contribution in [2.75, 3.05) is 49.1 Å². The number of amides is 1. The summed E-state index contributed by atoms with van der Waals surface area (Å²) >= 11 is 1.54. The van der Waals surface area contributed by atoms with E-state index in [-0.39, 0.29) is 5.91 Å². The fourth-order valence-corrected chi connectivity index (χ4v) is 4.69. The SMILES string of the molecule is Cc1csc(C(=O)N2CCN(c3cc(N4CCCCC4)nc(C)n3)CC2)c1. The Morgan fingerprint density at radius 2 is 1.52 bits per heavy atom. The van der Waals surface area contributed by atoms with Crippen molar-refractivity contribution in [2.45, 2.75) is 33.1 Å². The van der Waals surface area contributed by atoms with E-state index in [1.807, 2.05) is 30.2 Å². The van der Waals surface area contributed by atoms with E-state index in [4.69, 9.17) is 0 Å². The van der Waals surface area contributed by atoms with Gasteiger partial charge in [0.05, 0.1) is 4.88 Å². The van der Waals surface area contributed by atoms with Gasteiger partial charge >= 0.3 is 0 Å². The summed E-state index contributed by atoms with van der Waals surface area (Å²) in [5.74, 6) is 3.01. The lowest BCUT2D eigenvalue weighted by Gasteiger charge is -2.36. The maximum atomic E-state index is 12.7. The van der Waals surface area contributed by atoms with Crippen LogP contribution in [0.2, 0.25) is 0 Å². The number of hydrogen-bond acceptors (Lipinski definition) is 6. The Kier molecular flexibility index (Phi) is 5.29. The van der Waals surface area contributed by atoms with Crippen molar-refractivity contribution < 1.29 is 4.79 Å². The van der Waals surface area contributed by atoms with E-state index >= 15 is 0 Å². The minimum Gasteiger partial charge on any atom is -0.356 e. The Balaban J connectivity index is 1.43. The highest BCUT2D eigenvalue weighted by Crippen LogP contribution is 2.24. The van der Waals surface area contributed by atoms with Crippen LogP contribution in [0.15, 0.2) is 17.5 Å². The smallest absolute Gasteiger partial charge is 0.264 e. The summed E-state index contributed by atoms with van der Waals surface area (Å²) in [5.41, 5.74) is 1.16. The fraction of sp³-hybridized carbons (Fsp3) is 0.550. The van der Waals surface area contributed by atoms with Crippen LogP contribution in [0.3, 0.4) is 0 Å². The van der Waals surface area contributed by atoms with Crippen molar-refractivity contribution >= 4 is 28.9 Å². The van der Waals surface area contributed by atoms with Crippen molar-refractivity contribution in [3.05, 3.63) is 33.8 Å². The summed E-state index contributed by atoms with van der Waals surface area (Å²) < 4.78 is 0. The van der Waals surface area contributed by atoms with Crippen LogP contribution in [0.1, 0.15) is 40.3 Å². The van der Waals surface area contributed by atoms with E-state index in [2.05, 4.69) is 25.8 Å². The number of piperidine rings is 1. The first-order valence-corrected chi connectivity index (χ1v) is 10.7. The molecule has 7 heteroatoms. The number of nitrogens with zero attached hydrogens (tertiary/aromatic N) is 5. The first kappa shape index (κ1) is 18.2. The molecule has 2 aliphatic rings. The van der Waals surface area contributed by atoms with Crippen LogP contribution in [-0.4, -0.2) is 60.0 Å². The summed E-state index contributed by atoms with van der Waals surface area (Å²) in [4.78, 5) is 29.4. The second-order valence-corrected chi connectivity index (χ2v) is 8.36. The molecular weight excluding hydrogens is 358 g/mol. The molecule has 4 rings (SSSR count). The third kappa shape index (κ3) is 4.08. The van der Waals surface area contributed by atoms with Gasteiger partial charge in [0, 0.05) is 45.3 Å². The third-order valence-electron chi connectivity index (χ3n) is 5.32. The highest BCUT2D eigenvalue weighted by Gasteiger charge is 2.24. The zero-order chi connectivity index (χ0) is 18.8. The Morgan fingerprint density at radius 1 is 0.889 bits per heavy atom. The van der Waals surface area contributed by atoms with Gasteiger partial charge in [0.2, 0.25) is 0 Å². The average molecular weight is 386 g/mol. The van der Waals surface area contributed by atoms with Gasteiger partial charge in [0.25, 0.3) is 5.91 Å². The van der Waals surface area contributed by atoms with E-state index in [1.165, 1.54) is 30.6 Å². The van der Waals surface area contributed by atoms with E-state index in [9.17, 15) is 4.79 Å². The van der Waals surface area contributed by atoms with Gasteiger partial charge in [-0.25, -0.2) is 9.97 Å². The van der Waals surface area contributed by atoms with Gasteiger partial charge in [-0.15, -0.1) is 11.3 Å². The molecule has 4 heterocycles. The molecule has 0 radical (unpaired) electrons. The molecule has 0 saturated carbocycles. The van der Waals surface area contributed by atoms with E-state index < -0.39 is 0 Å². The molecule has 0 atom stereocenters. The number of rotatable bonds is 3. The predicted molar refractivity (Wildman–Crippen MR) is 110 cm³/mol. The highest BCUT2D eigenvalue weighted by molar-refractivity contribution is 7.12. The quantitative estimate of drug-likeness (QED) is 0.813. The van der Waals surface area contributed by atoms with Crippen molar-refractivity contribution in [3.8, 4) is 0 Å². The molecule has 2 saturated heterocycles. The Morgan fingerprint density at radius 3 is 2.11 bits per heavy atom. The van der Waals surface area contributed by atoms with Crippen LogP contribution >= 0.6 is 11.3 Å². The van der Waals surface area contributed by atoms with Crippen molar-refractivity contribution in [1.29, 1.82) is 0 Å². The summed E-state index contributed by atoms with van der Waals surface area (Å²) in [6.45, 7) is 9.25. The summed E-state index contributed by atoms with van der Waals surface area (Å²) in [6, 6.07) is 4.11. The van der Waals surface area contributed by atoms with Crippen LogP contribution in [0.5, 0.6) is 0 Å². The average Bonchev–Trinajstić information content (AvgIpc) is 3.14. The molecule has 144 valence electrons. The number of carbonyl (C=O) groups excluding carboxylic acids is 1. The fourth-order valence-electron chi connectivity index (χ4n) is 3.82. The zero-order valence-corrected chi connectivity index (χ0v) is 17.0. The van der Waals surface area contributed by atoms with Gasteiger partial charge in [-0.05, 0) is 50.1 Å². The number of thiophene rings is 1. The number of aryl methyl sites for hydroxylation is 2. The molecule has 0 bridgehead atoms. The highest BCUT2D eigenvalue weighted by atomic mass is 32.1. The van der Waals surface area contributed by atoms with Crippen LogP contribution < -0.4 is 9.80 Å². The van der Waals surface area contributed by atoms with Gasteiger partial charge < -0.3 is 14.7 Å². The normalized spacial score (nSPS) is 18.1. The zero-order valence-electron chi connectivity index (χ0n) is 16.1. The number of anilines is 2. The Labute approximate surface area is 164 Å². The molecule has 0 spiro atoms. The minimum atomic E-state index is 0.153. The van der Waals surface area contributed by atoms with Crippen LogP contribution in [0.25, 0.3) is 0 Å². The van der Waals surface area contributed by atoms with Gasteiger partial charge in [0.15, 0.2) is 0 Å². The third-order valence-corrected chi connectivity index (χ3v) is 6.36. The summed E-state index contributed by atoms with van der Waals surface area (Å²) in [6.07, 6.45) is 3.79. The molecule has 27 heavy (non-hydrogen) atoms. The molecule has 0 aliphatic carbocycles. The minimum absolute atomic E-state index is 0.153.